The number of amides is 2. The van der Waals surface area contributed by atoms with Gasteiger partial charge in [0.15, 0.2) is 0 Å². The standard InChI is InChI=1S/C19H34N2O5S/c1-18(2,3)26-17(25)21-14(8-11-27-4)16(24)20-13-19(12-15(22)23)9-6-5-7-10-19/h14H,5-13H2,1-4H3,(H,20,24)(H,21,25)(H,22,23). The van der Waals surface area contributed by atoms with Crippen LogP contribution in [-0.4, -0.2) is 53.3 Å². The fraction of sp³-hybridized carbons (Fsp3) is 0.842. The molecule has 1 aliphatic carbocycles. The maximum Gasteiger partial charge on any atom is 0.408 e. The Morgan fingerprint density at radius 2 is 1.81 bits per heavy atom. The van der Waals surface area contributed by atoms with E-state index in [0.717, 1.165) is 32.1 Å². The SMILES string of the molecule is CSCCC(NC(=O)OC(C)(C)C)C(=O)NCC1(CC(=O)O)CCCCC1. The number of carboxylic acids is 1. The van der Waals surface area contributed by atoms with Gasteiger partial charge in [-0.3, -0.25) is 9.59 Å². The summed E-state index contributed by atoms with van der Waals surface area (Å²) in [4.78, 5) is 36.0. The molecule has 0 spiro atoms. The molecule has 1 aliphatic rings. The van der Waals surface area contributed by atoms with Gasteiger partial charge < -0.3 is 20.5 Å². The van der Waals surface area contributed by atoms with E-state index in [4.69, 9.17) is 4.74 Å². The predicted octanol–water partition coefficient (Wildman–Crippen LogP) is 3.17. The highest BCUT2D eigenvalue weighted by Crippen LogP contribution is 2.38. The van der Waals surface area contributed by atoms with Crippen LogP contribution >= 0.6 is 11.8 Å². The minimum Gasteiger partial charge on any atom is -0.481 e. The number of carbonyl (C=O) groups is 3. The summed E-state index contributed by atoms with van der Waals surface area (Å²) in [6.45, 7) is 5.62. The smallest absolute Gasteiger partial charge is 0.408 e. The summed E-state index contributed by atoms with van der Waals surface area (Å²) in [5.74, 6) is -0.407. The van der Waals surface area contributed by atoms with Gasteiger partial charge in [-0.15, -0.1) is 0 Å². The highest BCUT2D eigenvalue weighted by molar-refractivity contribution is 7.98. The molecule has 0 heterocycles. The Labute approximate surface area is 166 Å². The zero-order valence-corrected chi connectivity index (χ0v) is 17.7. The number of carbonyl (C=O) groups excluding carboxylic acids is 2. The van der Waals surface area contributed by atoms with Crippen molar-refractivity contribution in [3.8, 4) is 0 Å². The molecular weight excluding hydrogens is 368 g/mol. The second-order valence-electron chi connectivity index (χ2n) is 8.33. The molecule has 1 atom stereocenters. The molecular formula is C19H34N2O5S. The number of rotatable bonds is 9. The highest BCUT2D eigenvalue weighted by Gasteiger charge is 2.35. The average molecular weight is 403 g/mol. The number of carboxylic acid groups (broad SMARTS) is 1. The Kier molecular flexibility index (Phi) is 9.42. The minimum absolute atomic E-state index is 0.0578. The second kappa shape index (κ2) is 10.8. The second-order valence-corrected chi connectivity index (χ2v) is 9.31. The Balaban J connectivity index is 2.70. The van der Waals surface area contributed by atoms with Crippen LogP contribution < -0.4 is 10.6 Å². The maximum atomic E-state index is 12.7. The van der Waals surface area contributed by atoms with Crippen LogP contribution in [0.2, 0.25) is 0 Å². The lowest BCUT2D eigenvalue weighted by atomic mass is 9.71. The number of ether oxygens (including phenoxy) is 1. The van der Waals surface area contributed by atoms with E-state index in [9.17, 15) is 19.5 Å². The highest BCUT2D eigenvalue weighted by atomic mass is 32.2. The van der Waals surface area contributed by atoms with E-state index in [2.05, 4.69) is 10.6 Å². The Hall–Kier alpha value is -1.44. The van der Waals surface area contributed by atoms with Gasteiger partial charge in [0, 0.05) is 6.54 Å². The molecule has 8 heteroatoms. The van der Waals surface area contributed by atoms with Gasteiger partial charge in [-0.1, -0.05) is 19.3 Å². The van der Waals surface area contributed by atoms with E-state index in [-0.39, 0.29) is 12.3 Å². The summed E-state index contributed by atoms with van der Waals surface area (Å²) in [6.07, 6.45) is 6.52. The van der Waals surface area contributed by atoms with Crippen LogP contribution in [0.4, 0.5) is 4.79 Å². The van der Waals surface area contributed by atoms with Crippen LogP contribution in [0, 0.1) is 5.41 Å². The first-order valence-corrected chi connectivity index (χ1v) is 10.9. The summed E-state index contributed by atoms with van der Waals surface area (Å²) in [7, 11) is 0. The van der Waals surface area contributed by atoms with Crippen molar-refractivity contribution in [2.75, 3.05) is 18.6 Å². The molecule has 3 N–H and O–H groups in total. The predicted molar refractivity (Wildman–Crippen MR) is 107 cm³/mol. The molecule has 1 rings (SSSR count). The van der Waals surface area contributed by atoms with Gasteiger partial charge in [0.05, 0.1) is 6.42 Å². The van der Waals surface area contributed by atoms with Gasteiger partial charge in [-0.2, -0.15) is 11.8 Å². The minimum atomic E-state index is -0.836. The normalized spacial score (nSPS) is 17.6. The summed E-state index contributed by atoms with van der Waals surface area (Å²) in [6, 6.07) is -0.697. The van der Waals surface area contributed by atoms with Crippen LogP contribution in [0.15, 0.2) is 0 Å². The summed E-state index contributed by atoms with van der Waals surface area (Å²) in [5, 5.41) is 14.8. The first-order chi connectivity index (χ1) is 12.6. The molecule has 1 saturated carbocycles. The number of hydrogen-bond acceptors (Lipinski definition) is 5. The van der Waals surface area contributed by atoms with Gasteiger partial charge >= 0.3 is 12.1 Å². The first kappa shape index (κ1) is 23.6. The van der Waals surface area contributed by atoms with E-state index < -0.39 is 29.1 Å². The molecule has 7 nitrogen and oxygen atoms in total. The molecule has 1 unspecified atom stereocenters. The monoisotopic (exact) mass is 402 g/mol. The lowest BCUT2D eigenvalue weighted by molar-refractivity contribution is -0.140. The van der Waals surface area contributed by atoms with E-state index in [0.29, 0.717) is 18.7 Å². The molecule has 0 radical (unpaired) electrons. The number of alkyl carbamates (subject to hydrolysis) is 1. The molecule has 27 heavy (non-hydrogen) atoms. The van der Waals surface area contributed by atoms with Crippen molar-refractivity contribution < 1.29 is 24.2 Å². The molecule has 2 amide bonds. The van der Waals surface area contributed by atoms with Gasteiger partial charge in [0.2, 0.25) is 5.91 Å². The lowest BCUT2D eigenvalue weighted by Crippen LogP contribution is -2.51. The van der Waals surface area contributed by atoms with Crippen molar-refractivity contribution in [3.05, 3.63) is 0 Å². The molecule has 0 aromatic carbocycles. The van der Waals surface area contributed by atoms with E-state index in [1.54, 1.807) is 32.5 Å². The van der Waals surface area contributed by atoms with Crippen LogP contribution in [0.25, 0.3) is 0 Å². The van der Waals surface area contributed by atoms with Crippen LogP contribution in [0.3, 0.4) is 0 Å². The summed E-state index contributed by atoms with van der Waals surface area (Å²) >= 11 is 1.59. The maximum absolute atomic E-state index is 12.7. The van der Waals surface area contributed by atoms with Gasteiger partial charge in [0.1, 0.15) is 11.6 Å². The average Bonchev–Trinajstić information content (AvgIpc) is 2.55. The van der Waals surface area contributed by atoms with Crippen molar-refractivity contribution in [1.29, 1.82) is 0 Å². The van der Waals surface area contributed by atoms with Gasteiger partial charge in [0.25, 0.3) is 0 Å². The Morgan fingerprint density at radius 3 is 2.33 bits per heavy atom. The van der Waals surface area contributed by atoms with Gasteiger partial charge in [-0.25, -0.2) is 4.79 Å². The molecule has 0 saturated heterocycles. The van der Waals surface area contributed by atoms with Crippen molar-refractivity contribution in [3.63, 3.8) is 0 Å². The van der Waals surface area contributed by atoms with Crippen LogP contribution in [0.5, 0.6) is 0 Å². The zero-order chi connectivity index (χ0) is 20.5. The fourth-order valence-electron chi connectivity index (χ4n) is 3.39. The Morgan fingerprint density at radius 1 is 1.19 bits per heavy atom. The number of hydrogen-bond donors (Lipinski definition) is 3. The van der Waals surface area contributed by atoms with Crippen molar-refractivity contribution in [2.24, 2.45) is 5.41 Å². The van der Waals surface area contributed by atoms with E-state index >= 15 is 0 Å². The van der Waals surface area contributed by atoms with Gasteiger partial charge in [-0.05, 0) is 57.5 Å². The van der Waals surface area contributed by atoms with E-state index in [1.165, 1.54) is 0 Å². The number of thioether (sulfide) groups is 1. The van der Waals surface area contributed by atoms with Crippen LogP contribution in [-0.2, 0) is 14.3 Å². The molecule has 1 fully saturated rings. The number of aliphatic carboxylic acids is 1. The molecule has 156 valence electrons. The molecule has 0 aliphatic heterocycles. The largest absolute Gasteiger partial charge is 0.481 e. The van der Waals surface area contributed by atoms with Crippen molar-refractivity contribution in [1.82, 2.24) is 10.6 Å². The zero-order valence-electron chi connectivity index (χ0n) is 16.9. The quantitative estimate of drug-likeness (QED) is 0.547. The molecule has 0 aromatic rings. The Bertz CT molecular complexity index is 513. The summed E-state index contributed by atoms with van der Waals surface area (Å²) in [5.41, 5.74) is -1.03. The third-order valence-corrected chi connectivity index (χ3v) is 5.34. The van der Waals surface area contributed by atoms with Crippen molar-refractivity contribution >= 4 is 29.7 Å². The molecule has 0 aromatic heterocycles. The third-order valence-electron chi connectivity index (χ3n) is 4.70. The summed E-state index contributed by atoms with van der Waals surface area (Å²) < 4.78 is 5.25. The molecule has 0 bridgehead atoms. The van der Waals surface area contributed by atoms with Crippen molar-refractivity contribution in [2.45, 2.75) is 77.4 Å². The van der Waals surface area contributed by atoms with E-state index in [1.807, 2.05) is 6.26 Å². The first-order valence-electron chi connectivity index (χ1n) is 9.55. The number of nitrogens with one attached hydrogen (secondary N) is 2. The van der Waals surface area contributed by atoms with Crippen LogP contribution in [0.1, 0.15) is 65.7 Å². The lowest BCUT2D eigenvalue weighted by Gasteiger charge is -2.36. The third kappa shape index (κ3) is 9.35. The topological polar surface area (TPSA) is 105 Å². The fourth-order valence-corrected chi connectivity index (χ4v) is 3.86.